The molecular formula is C18H24O11S. The summed E-state index contributed by atoms with van der Waals surface area (Å²) < 4.78 is 16.4. The summed E-state index contributed by atoms with van der Waals surface area (Å²) in [5.41, 5.74) is 0.342. The number of carbonyl (C=O) groups excluding carboxylic acids is 1. The lowest BCUT2D eigenvalue weighted by atomic mass is 9.82. The van der Waals surface area contributed by atoms with Crippen molar-refractivity contribution in [2.45, 2.75) is 50.0 Å². The molecule has 0 aromatic carbocycles. The van der Waals surface area contributed by atoms with Gasteiger partial charge < -0.3 is 44.8 Å². The largest absolute Gasteiger partial charge is 0.478 e. The summed E-state index contributed by atoms with van der Waals surface area (Å²) in [6.07, 6.45) is -7.63. The van der Waals surface area contributed by atoms with E-state index in [2.05, 4.69) is 0 Å². The fraction of sp³-hybridized carbons (Fsp3) is 0.667. The van der Waals surface area contributed by atoms with Gasteiger partial charge in [0.25, 0.3) is 0 Å². The van der Waals surface area contributed by atoms with Gasteiger partial charge in [-0.25, -0.2) is 4.79 Å². The van der Waals surface area contributed by atoms with Crippen LogP contribution in [0.4, 0.5) is 0 Å². The first kappa shape index (κ1) is 23.2. The lowest BCUT2D eigenvalue weighted by molar-refractivity contribution is -0.339. The number of hydrogen-bond acceptors (Lipinski definition) is 11. The predicted octanol–water partition coefficient (Wildman–Crippen LogP) is -2.06. The summed E-state index contributed by atoms with van der Waals surface area (Å²) in [4.78, 5) is 23.0. The number of rotatable bonds is 6. The Bertz CT molecular complexity index is 736. The van der Waals surface area contributed by atoms with E-state index >= 15 is 0 Å². The summed E-state index contributed by atoms with van der Waals surface area (Å²) in [6.45, 7) is 0.723. The summed E-state index contributed by atoms with van der Waals surface area (Å²) in [5.74, 6) is -2.86. The van der Waals surface area contributed by atoms with Gasteiger partial charge in [0, 0.05) is 18.6 Å². The highest BCUT2D eigenvalue weighted by atomic mass is 32.2. The molecule has 0 spiro atoms. The number of aliphatic hydroxyl groups is 5. The molecule has 3 rings (SSSR count). The van der Waals surface area contributed by atoms with E-state index < -0.39 is 67.5 Å². The Labute approximate surface area is 175 Å². The van der Waals surface area contributed by atoms with Crippen molar-refractivity contribution in [1.29, 1.82) is 0 Å². The molecule has 0 radical (unpaired) electrons. The standard InChI is InChI=1S/C18H24O11S/c1-6(20)30-5-7-2-9(21)12-8(16(25)26)4-27-17(11(7)12)29-18-15(24)14(23)13(22)10(3-19)28-18/h2,4,9-15,17-19,21-24H,3,5H2,1H3,(H,25,26)/t9-,10-,11+,12-,13-,14+,15-,17-,18+/m1/s1. The van der Waals surface area contributed by atoms with Crippen LogP contribution in [-0.4, -0.2) is 97.2 Å². The minimum atomic E-state index is -1.68. The molecule has 0 aromatic heterocycles. The van der Waals surface area contributed by atoms with Gasteiger partial charge in [0.05, 0.1) is 30.5 Å². The van der Waals surface area contributed by atoms with Gasteiger partial charge in [0.2, 0.25) is 6.29 Å². The van der Waals surface area contributed by atoms with Gasteiger partial charge in [-0.1, -0.05) is 23.4 Å². The van der Waals surface area contributed by atoms with Gasteiger partial charge in [-0.3, -0.25) is 4.79 Å². The van der Waals surface area contributed by atoms with E-state index in [4.69, 9.17) is 14.2 Å². The van der Waals surface area contributed by atoms with Crippen LogP contribution in [-0.2, 0) is 23.8 Å². The Morgan fingerprint density at radius 1 is 1.10 bits per heavy atom. The van der Waals surface area contributed by atoms with Gasteiger partial charge in [-0.05, 0) is 0 Å². The number of hydrogen-bond donors (Lipinski definition) is 6. The molecule has 2 heterocycles. The van der Waals surface area contributed by atoms with Crippen LogP contribution in [0.3, 0.4) is 0 Å². The van der Waals surface area contributed by atoms with Crippen LogP contribution in [0.15, 0.2) is 23.5 Å². The number of fused-ring (bicyclic) bond motifs is 1. The van der Waals surface area contributed by atoms with E-state index in [0.29, 0.717) is 5.57 Å². The Kier molecular flexibility index (Phi) is 7.20. The number of carboxylic acids is 1. The van der Waals surface area contributed by atoms with Gasteiger partial charge >= 0.3 is 5.97 Å². The van der Waals surface area contributed by atoms with Crippen molar-refractivity contribution in [2.24, 2.45) is 11.8 Å². The quantitative estimate of drug-likeness (QED) is 0.245. The van der Waals surface area contributed by atoms with Gasteiger partial charge in [-0.15, -0.1) is 0 Å². The number of carbonyl (C=O) groups is 2. The maximum Gasteiger partial charge on any atom is 0.335 e. The Balaban J connectivity index is 1.85. The normalized spacial score (nSPS) is 40.8. The summed E-state index contributed by atoms with van der Waals surface area (Å²) in [7, 11) is 0. The molecule has 12 heteroatoms. The minimum absolute atomic E-state index is 0.165. The van der Waals surface area contributed by atoms with E-state index in [0.717, 1.165) is 18.0 Å². The second-order valence-corrected chi connectivity index (χ2v) is 8.43. The molecule has 0 saturated carbocycles. The van der Waals surface area contributed by atoms with Crippen molar-refractivity contribution >= 4 is 22.8 Å². The second kappa shape index (κ2) is 9.32. The molecular weight excluding hydrogens is 424 g/mol. The molecule has 9 atom stereocenters. The van der Waals surface area contributed by atoms with E-state index in [-0.39, 0.29) is 16.4 Å². The Hall–Kier alpha value is -1.51. The zero-order valence-electron chi connectivity index (χ0n) is 15.9. The summed E-state index contributed by atoms with van der Waals surface area (Å²) >= 11 is 0.966. The highest BCUT2D eigenvalue weighted by Gasteiger charge is 2.52. The maximum atomic E-state index is 11.6. The molecule has 1 aliphatic carbocycles. The molecule has 2 aliphatic heterocycles. The number of ether oxygens (including phenoxy) is 3. The van der Waals surface area contributed by atoms with Gasteiger partial charge in [0.15, 0.2) is 11.4 Å². The molecule has 11 nitrogen and oxygen atoms in total. The van der Waals surface area contributed by atoms with E-state index in [1.165, 1.54) is 13.0 Å². The van der Waals surface area contributed by atoms with E-state index in [1.807, 2.05) is 0 Å². The first-order chi connectivity index (χ1) is 14.1. The lowest BCUT2D eigenvalue weighted by Gasteiger charge is -2.43. The average Bonchev–Trinajstić information content (AvgIpc) is 3.03. The third kappa shape index (κ3) is 4.41. The summed E-state index contributed by atoms with van der Waals surface area (Å²) in [6, 6.07) is 0. The second-order valence-electron chi connectivity index (χ2n) is 7.28. The van der Waals surface area contributed by atoms with Crippen LogP contribution in [0.5, 0.6) is 0 Å². The molecule has 30 heavy (non-hydrogen) atoms. The zero-order valence-corrected chi connectivity index (χ0v) is 16.7. The van der Waals surface area contributed by atoms with Crippen molar-refractivity contribution in [3.63, 3.8) is 0 Å². The average molecular weight is 448 g/mol. The molecule has 168 valence electrons. The Morgan fingerprint density at radius 2 is 1.80 bits per heavy atom. The van der Waals surface area contributed by atoms with Gasteiger partial charge in [-0.2, -0.15) is 0 Å². The maximum absolute atomic E-state index is 11.6. The van der Waals surface area contributed by atoms with Crippen LogP contribution in [0.25, 0.3) is 0 Å². The zero-order chi connectivity index (χ0) is 22.2. The molecule has 0 amide bonds. The molecule has 1 fully saturated rings. The first-order valence-electron chi connectivity index (χ1n) is 9.22. The van der Waals surface area contributed by atoms with Crippen molar-refractivity contribution in [1.82, 2.24) is 0 Å². The van der Waals surface area contributed by atoms with E-state index in [1.54, 1.807) is 0 Å². The minimum Gasteiger partial charge on any atom is -0.478 e. The van der Waals surface area contributed by atoms with Crippen molar-refractivity contribution in [3.05, 3.63) is 23.5 Å². The van der Waals surface area contributed by atoms with Crippen LogP contribution in [0, 0.1) is 11.8 Å². The van der Waals surface area contributed by atoms with Crippen molar-refractivity contribution < 1.29 is 54.4 Å². The van der Waals surface area contributed by atoms with Crippen molar-refractivity contribution in [2.75, 3.05) is 12.4 Å². The van der Waals surface area contributed by atoms with Crippen LogP contribution in [0.2, 0.25) is 0 Å². The third-order valence-corrected chi connectivity index (χ3v) is 6.24. The monoisotopic (exact) mass is 448 g/mol. The third-order valence-electron chi connectivity index (χ3n) is 5.36. The molecule has 0 bridgehead atoms. The molecule has 1 saturated heterocycles. The van der Waals surface area contributed by atoms with Crippen LogP contribution >= 0.6 is 11.8 Å². The SMILES string of the molecule is CC(=O)SCC1=C[C@@H](O)[C@H]2C(C(=O)O)=CO[C@H](O[C@@H]3O[C@H](CO)[C@@H](O)[C@H](O)[C@H]3O)[C@@H]12. The molecule has 0 unspecified atom stereocenters. The molecule has 6 N–H and O–H groups in total. The fourth-order valence-electron chi connectivity index (χ4n) is 3.85. The molecule has 0 aromatic rings. The fourth-order valence-corrected chi connectivity index (χ4v) is 4.51. The number of aliphatic carboxylic acids is 1. The number of carboxylic acid groups (broad SMARTS) is 1. The van der Waals surface area contributed by atoms with Gasteiger partial charge in [0.1, 0.15) is 24.4 Å². The van der Waals surface area contributed by atoms with Crippen LogP contribution in [0.1, 0.15) is 6.92 Å². The first-order valence-corrected chi connectivity index (χ1v) is 10.2. The van der Waals surface area contributed by atoms with Crippen LogP contribution < -0.4 is 0 Å². The smallest absolute Gasteiger partial charge is 0.335 e. The molecule has 3 aliphatic rings. The number of aliphatic hydroxyl groups excluding tert-OH is 5. The highest BCUT2D eigenvalue weighted by molar-refractivity contribution is 8.13. The lowest BCUT2D eigenvalue weighted by Crippen LogP contribution is -2.60. The number of thioether (sulfide) groups is 1. The van der Waals surface area contributed by atoms with E-state index in [9.17, 15) is 40.2 Å². The predicted molar refractivity (Wildman–Crippen MR) is 99.7 cm³/mol. The Morgan fingerprint density at radius 3 is 2.40 bits per heavy atom. The topological polar surface area (TPSA) is 183 Å². The summed E-state index contributed by atoms with van der Waals surface area (Å²) in [5, 5.41) is 59.1. The van der Waals surface area contributed by atoms with Crippen molar-refractivity contribution in [3.8, 4) is 0 Å². The highest BCUT2D eigenvalue weighted by Crippen LogP contribution is 2.45.